The smallest absolute Gasteiger partial charge is 0.422 e. The number of aliphatic hydroxyl groups is 1. The standard InChI is InChI=1S/C7H14F3O12P3/c1-4-2-5(11)6(20-4,7(8,9)10)3-19-24(15,16)22-25(17,18)21-23(12,13)14/h4-5,11H,2-3H2,1H3,(H,15,16)(H,17,18)(H2,12,13,14)/p-4. The van der Waals surface area contributed by atoms with Gasteiger partial charge in [0.1, 0.15) is 0 Å². The number of hydrogen-bond donors (Lipinski definition) is 1. The van der Waals surface area contributed by atoms with E-state index in [2.05, 4.69) is 17.9 Å². The van der Waals surface area contributed by atoms with Crippen molar-refractivity contribution in [3.63, 3.8) is 0 Å². The summed E-state index contributed by atoms with van der Waals surface area (Å²) in [7, 11) is -18.7. The molecule has 0 aromatic carbocycles. The quantitative estimate of drug-likeness (QED) is 0.443. The summed E-state index contributed by atoms with van der Waals surface area (Å²) in [6.45, 7) is -0.793. The lowest BCUT2D eigenvalue weighted by molar-refractivity contribution is -0.339. The maximum absolute atomic E-state index is 13.1. The summed E-state index contributed by atoms with van der Waals surface area (Å²) in [6, 6.07) is 0. The van der Waals surface area contributed by atoms with E-state index in [0.717, 1.165) is 6.92 Å². The third-order valence-electron chi connectivity index (χ3n) is 2.82. The molecule has 5 atom stereocenters. The molecule has 0 aromatic rings. The molecule has 5 unspecified atom stereocenters. The summed E-state index contributed by atoms with van der Waals surface area (Å²) in [6.07, 6.45) is -9.26. The molecule has 1 N–H and O–H groups in total. The van der Waals surface area contributed by atoms with Crippen molar-refractivity contribution in [1.29, 1.82) is 0 Å². The average molecular weight is 436 g/mol. The van der Waals surface area contributed by atoms with E-state index in [1.807, 2.05) is 0 Å². The van der Waals surface area contributed by atoms with E-state index in [-0.39, 0.29) is 0 Å². The van der Waals surface area contributed by atoms with Gasteiger partial charge in [-0.15, -0.1) is 0 Å². The zero-order chi connectivity index (χ0) is 19.9. The monoisotopic (exact) mass is 436 g/mol. The highest BCUT2D eigenvalue weighted by atomic mass is 31.3. The number of rotatable bonds is 7. The first-order valence-electron chi connectivity index (χ1n) is 6.03. The first-order valence-corrected chi connectivity index (χ1v) is 10.4. The molecule has 1 fully saturated rings. The highest BCUT2D eigenvalue weighted by Gasteiger charge is 2.65. The van der Waals surface area contributed by atoms with Crippen LogP contribution >= 0.6 is 23.5 Å². The zero-order valence-electron chi connectivity index (χ0n) is 12.0. The molecule has 18 heteroatoms. The van der Waals surface area contributed by atoms with Crippen molar-refractivity contribution < 1.29 is 69.4 Å². The van der Waals surface area contributed by atoms with Crippen LogP contribution < -0.4 is 19.6 Å². The fraction of sp³-hybridized carbons (Fsp3) is 1.00. The Labute approximate surface area is 137 Å². The van der Waals surface area contributed by atoms with Gasteiger partial charge in [-0.3, -0.25) is 13.4 Å². The van der Waals surface area contributed by atoms with Crippen molar-refractivity contribution >= 4 is 23.5 Å². The van der Waals surface area contributed by atoms with Gasteiger partial charge in [0.05, 0.1) is 26.6 Å². The van der Waals surface area contributed by atoms with Crippen LogP contribution in [0.2, 0.25) is 0 Å². The fourth-order valence-electron chi connectivity index (χ4n) is 1.92. The van der Waals surface area contributed by atoms with Gasteiger partial charge < -0.3 is 38.5 Å². The minimum Gasteiger partial charge on any atom is -0.790 e. The molecule has 0 saturated carbocycles. The van der Waals surface area contributed by atoms with E-state index in [9.17, 15) is 51.5 Å². The first-order chi connectivity index (χ1) is 10.9. The second-order valence-corrected chi connectivity index (χ2v) is 9.09. The molecular formula is C7H10F3O12P3-4. The Bertz CT molecular complexity index is 632. The molecule has 150 valence electrons. The van der Waals surface area contributed by atoms with E-state index >= 15 is 0 Å². The second-order valence-electron chi connectivity index (χ2n) is 4.85. The molecule has 25 heavy (non-hydrogen) atoms. The lowest BCUT2D eigenvalue weighted by atomic mass is 9.97. The number of halogens is 3. The van der Waals surface area contributed by atoms with Crippen LogP contribution in [0.4, 0.5) is 13.2 Å². The predicted octanol–water partition coefficient (Wildman–Crippen LogP) is -1.73. The van der Waals surface area contributed by atoms with Crippen LogP contribution in [0.1, 0.15) is 13.3 Å². The third-order valence-corrected chi connectivity index (χ3v) is 6.47. The van der Waals surface area contributed by atoms with Crippen LogP contribution in [0.3, 0.4) is 0 Å². The maximum Gasteiger partial charge on any atom is 0.422 e. The third kappa shape index (κ3) is 6.35. The molecule has 0 aliphatic carbocycles. The van der Waals surface area contributed by atoms with Crippen molar-refractivity contribution in [2.24, 2.45) is 0 Å². The van der Waals surface area contributed by atoms with E-state index in [0.29, 0.717) is 0 Å². The molecule has 0 radical (unpaired) electrons. The van der Waals surface area contributed by atoms with Crippen LogP contribution in [0.5, 0.6) is 0 Å². The molecule has 0 amide bonds. The highest BCUT2D eigenvalue weighted by Crippen LogP contribution is 2.61. The number of hydrogen-bond acceptors (Lipinski definition) is 12. The maximum atomic E-state index is 13.1. The van der Waals surface area contributed by atoms with Gasteiger partial charge in [-0.1, -0.05) is 0 Å². The van der Waals surface area contributed by atoms with Gasteiger partial charge in [0.15, 0.2) is 0 Å². The van der Waals surface area contributed by atoms with E-state index in [1.165, 1.54) is 0 Å². The van der Waals surface area contributed by atoms with Gasteiger partial charge in [0.2, 0.25) is 5.60 Å². The number of phosphoric acid groups is 3. The van der Waals surface area contributed by atoms with Crippen molar-refractivity contribution in [3.05, 3.63) is 0 Å². The molecule has 1 aliphatic heterocycles. The summed E-state index contributed by atoms with van der Waals surface area (Å²) in [5, 5.41) is 9.51. The molecule has 0 spiro atoms. The van der Waals surface area contributed by atoms with Gasteiger partial charge in [0, 0.05) is 6.42 Å². The van der Waals surface area contributed by atoms with Gasteiger partial charge in [-0.05, 0) is 6.92 Å². The molecule has 1 saturated heterocycles. The minimum atomic E-state index is -6.31. The summed E-state index contributed by atoms with van der Waals surface area (Å²) in [4.78, 5) is 42.4. The number of ether oxygens (including phenoxy) is 1. The van der Waals surface area contributed by atoms with E-state index in [4.69, 9.17) is 0 Å². The zero-order valence-corrected chi connectivity index (χ0v) is 14.7. The van der Waals surface area contributed by atoms with Gasteiger partial charge in [-0.2, -0.15) is 13.2 Å². The van der Waals surface area contributed by atoms with Gasteiger partial charge in [-0.25, -0.2) is 4.31 Å². The second kappa shape index (κ2) is 7.27. The Balaban J connectivity index is 2.91. The Morgan fingerprint density at radius 1 is 1.16 bits per heavy atom. The lowest BCUT2D eigenvalue weighted by Gasteiger charge is -2.39. The molecule has 0 bridgehead atoms. The molecular weight excluding hydrogens is 426 g/mol. The van der Waals surface area contributed by atoms with Gasteiger partial charge >= 0.3 is 6.18 Å². The average Bonchev–Trinajstić information content (AvgIpc) is 2.56. The number of phosphoric ester groups is 1. The Kier molecular flexibility index (Phi) is 6.73. The van der Waals surface area contributed by atoms with Crippen LogP contribution in [-0.4, -0.2) is 35.7 Å². The van der Waals surface area contributed by atoms with Crippen LogP contribution in [0.25, 0.3) is 0 Å². The summed E-state index contributed by atoms with van der Waals surface area (Å²) in [5.41, 5.74) is -3.50. The lowest BCUT2D eigenvalue weighted by Crippen LogP contribution is -2.56. The number of aliphatic hydroxyl groups excluding tert-OH is 1. The molecule has 12 nitrogen and oxygen atoms in total. The summed E-state index contributed by atoms with van der Waals surface area (Å²) in [5.74, 6) is 0. The molecule has 1 rings (SSSR count). The summed E-state index contributed by atoms with van der Waals surface area (Å²) >= 11 is 0. The normalized spacial score (nSPS) is 33.0. The Morgan fingerprint density at radius 2 is 1.68 bits per heavy atom. The number of alkyl halides is 3. The largest absolute Gasteiger partial charge is 0.790 e. The molecule has 1 heterocycles. The fourth-order valence-corrected chi connectivity index (χ4v) is 4.80. The molecule has 1 aliphatic rings. The SMILES string of the molecule is CC1CC(O)C(COP(=O)([O-])OP(=O)([O-])OP(=O)([O-])[O-])(C(F)(F)F)O1. The van der Waals surface area contributed by atoms with Crippen LogP contribution in [0, 0.1) is 0 Å². The Morgan fingerprint density at radius 3 is 2.04 bits per heavy atom. The summed E-state index contributed by atoms with van der Waals surface area (Å²) < 4.78 is 85.9. The van der Waals surface area contributed by atoms with E-state index in [1.54, 1.807) is 0 Å². The molecule has 0 aromatic heterocycles. The highest BCUT2D eigenvalue weighted by molar-refractivity contribution is 7.64. The van der Waals surface area contributed by atoms with Gasteiger partial charge in [0.25, 0.3) is 15.6 Å². The van der Waals surface area contributed by atoms with Crippen LogP contribution in [-0.2, 0) is 31.6 Å². The topological polar surface area (TPSA) is 201 Å². The van der Waals surface area contributed by atoms with Crippen molar-refractivity contribution in [3.8, 4) is 0 Å². The minimum absolute atomic E-state index is 0.536. The van der Waals surface area contributed by atoms with Crippen molar-refractivity contribution in [2.45, 2.75) is 37.3 Å². The van der Waals surface area contributed by atoms with Crippen LogP contribution in [0.15, 0.2) is 0 Å². The predicted molar refractivity (Wildman–Crippen MR) is 60.9 cm³/mol. The van der Waals surface area contributed by atoms with Crippen molar-refractivity contribution in [2.75, 3.05) is 6.61 Å². The van der Waals surface area contributed by atoms with Crippen molar-refractivity contribution in [1.82, 2.24) is 0 Å². The van der Waals surface area contributed by atoms with E-state index < -0.39 is 60.5 Å². The Hall–Kier alpha value is 0.120. The first kappa shape index (κ1) is 23.2.